The lowest BCUT2D eigenvalue weighted by molar-refractivity contribution is 0.668. The van der Waals surface area contributed by atoms with Crippen LogP contribution in [0.1, 0.15) is 0 Å². The van der Waals surface area contributed by atoms with Gasteiger partial charge < -0.3 is 8.83 Å². The largest absolute Gasteiger partial charge is 0.456 e. The Labute approximate surface area is 235 Å². The second-order valence-corrected chi connectivity index (χ2v) is 18.9. The smallest absolute Gasteiger partial charge is 0.247 e. The summed E-state index contributed by atoms with van der Waals surface area (Å²) in [7, 11) is -1.55. The van der Waals surface area contributed by atoms with Gasteiger partial charge >= 0.3 is 0 Å². The fourth-order valence-electron chi connectivity index (χ4n) is 6.46. The highest BCUT2D eigenvalue weighted by Crippen LogP contribution is 2.45. The van der Waals surface area contributed by atoms with Crippen molar-refractivity contribution < 1.29 is 8.83 Å². The first-order valence-corrected chi connectivity index (χ1v) is 18.5. The van der Waals surface area contributed by atoms with Crippen LogP contribution in [0.3, 0.4) is 0 Å². The maximum Gasteiger partial charge on any atom is 0.247 e. The van der Waals surface area contributed by atoms with Crippen LogP contribution in [0, 0.1) is 0 Å². The van der Waals surface area contributed by atoms with Crippen LogP contribution in [0.4, 0.5) is 0 Å². The molecule has 0 bridgehead atoms. The molecule has 0 spiro atoms. The number of para-hydroxylation sites is 2. The number of hydrogen-bond acceptors (Lipinski definition) is 4. The van der Waals surface area contributed by atoms with E-state index >= 15 is 0 Å². The van der Waals surface area contributed by atoms with Gasteiger partial charge in [-0.25, -0.2) is 0 Å². The first kappa shape index (κ1) is 22.5. The lowest BCUT2D eigenvalue weighted by Gasteiger charge is -2.34. The van der Waals surface area contributed by atoms with Crippen molar-refractivity contribution in [2.45, 2.75) is 39.2 Å². The van der Waals surface area contributed by atoms with Gasteiger partial charge in [0.1, 0.15) is 22.3 Å². The third kappa shape index (κ3) is 3.02. The van der Waals surface area contributed by atoms with Gasteiger partial charge in [-0.2, -0.15) is 0 Å². The van der Waals surface area contributed by atoms with E-state index in [9.17, 15) is 0 Å². The molecule has 0 unspecified atom stereocenters. The second-order valence-electron chi connectivity index (χ2n) is 11.7. The van der Waals surface area contributed by atoms with Gasteiger partial charge in [0.2, 0.25) is 6.71 Å². The Bertz CT molecular complexity index is 2040. The zero-order valence-electron chi connectivity index (χ0n) is 21.8. The fraction of sp³-hybridized carbons (Fsp3) is 0.0909. The molecular weight excluding hydrogens is 531 g/mol. The topological polar surface area (TPSA) is 26.3 Å². The molecule has 5 aromatic carbocycles. The molecule has 0 saturated carbocycles. The Morgan fingerprint density at radius 2 is 1.08 bits per heavy atom. The highest BCUT2D eigenvalue weighted by Gasteiger charge is 2.41. The normalized spacial score (nSPS) is 14.3. The summed E-state index contributed by atoms with van der Waals surface area (Å²) in [5.74, 6) is 0. The molecular formula is C33H23BO2S2Si. The Balaban J connectivity index is 1.42. The Hall–Kier alpha value is -3.32. The van der Waals surface area contributed by atoms with E-state index in [1.54, 1.807) is 0 Å². The van der Waals surface area contributed by atoms with Gasteiger partial charge in [0.25, 0.3) is 0 Å². The van der Waals surface area contributed by atoms with Gasteiger partial charge in [0.15, 0.2) is 0 Å². The molecule has 186 valence electrons. The SMILES string of the molecule is C[Si](C)(C)c1cc2c3c(c1)Sc1c(ccc4oc5ccccc5c14)B3c1ccc3oc4ccccc4c3c1S2. The van der Waals surface area contributed by atoms with E-state index < -0.39 is 8.07 Å². The van der Waals surface area contributed by atoms with Crippen molar-refractivity contribution in [1.82, 2.24) is 0 Å². The van der Waals surface area contributed by atoms with Crippen LogP contribution in [0.25, 0.3) is 43.9 Å². The van der Waals surface area contributed by atoms with E-state index in [1.807, 2.05) is 23.5 Å². The minimum absolute atomic E-state index is 0.175. The molecule has 0 radical (unpaired) electrons. The maximum atomic E-state index is 6.33. The quantitative estimate of drug-likeness (QED) is 0.197. The van der Waals surface area contributed by atoms with Crippen LogP contribution in [0.2, 0.25) is 19.6 Å². The molecule has 2 aromatic heterocycles. The van der Waals surface area contributed by atoms with Crippen molar-refractivity contribution in [2.75, 3.05) is 0 Å². The van der Waals surface area contributed by atoms with Crippen LogP contribution in [-0.4, -0.2) is 14.8 Å². The van der Waals surface area contributed by atoms with Crippen LogP contribution in [0.15, 0.2) is 113 Å². The molecule has 4 heterocycles. The molecule has 7 aromatic rings. The average Bonchev–Trinajstić information content (AvgIpc) is 3.51. The molecule has 2 aliphatic heterocycles. The van der Waals surface area contributed by atoms with Crippen molar-refractivity contribution in [2.24, 2.45) is 0 Å². The van der Waals surface area contributed by atoms with Crippen LogP contribution in [-0.2, 0) is 0 Å². The highest BCUT2D eigenvalue weighted by atomic mass is 32.2. The summed E-state index contributed by atoms with van der Waals surface area (Å²) >= 11 is 3.88. The van der Waals surface area contributed by atoms with E-state index in [1.165, 1.54) is 62.7 Å². The summed E-state index contributed by atoms with van der Waals surface area (Å²) in [5, 5.41) is 6.39. The maximum absolute atomic E-state index is 6.33. The Morgan fingerprint density at radius 1 is 0.590 bits per heavy atom. The molecule has 2 aliphatic rings. The molecule has 2 nitrogen and oxygen atoms in total. The average molecular weight is 555 g/mol. The van der Waals surface area contributed by atoms with Crippen LogP contribution >= 0.6 is 23.5 Å². The third-order valence-electron chi connectivity index (χ3n) is 8.36. The molecule has 6 heteroatoms. The van der Waals surface area contributed by atoms with Crippen molar-refractivity contribution in [3.8, 4) is 0 Å². The predicted octanol–water partition coefficient (Wildman–Crippen LogP) is 7.48. The van der Waals surface area contributed by atoms with Crippen molar-refractivity contribution in [3.63, 3.8) is 0 Å². The van der Waals surface area contributed by atoms with Crippen LogP contribution in [0.5, 0.6) is 0 Å². The third-order valence-corrected chi connectivity index (χ3v) is 12.8. The van der Waals surface area contributed by atoms with Gasteiger partial charge in [-0.05, 0) is 41.9 Å². The van der Waals surface area contributed by atoms with E-state index in [4.69, 9.17) is 8.83 Å². The van der Waals surface area contributed by atoms with Crippen molar-refractivity contribution >= 4 is 104 Å². The number of benzene rings is 5. The zero-order valence-corrected chi connectivity index (χ0v) is 24.4. The summed E-state index contributed by atoms with van der Waals surface area (Å²) in [6.07, 6.45) is 0. The Kier molecular flexibility index (Phi) is 4.42. The lowest BCUT2D eigenvalue weighted by Crippen LogP contribution is -2.58. The molecule has 0 aliphatic carbocycles. The Morgan fingerprint density at radius 3 is 1.56 bits per heavy atom. The van der Waals surface area contributed by atoms with Gasteiger partial charge in [-0.1, -0.05) is 108 Å². The number of hydrogen-bond donors (Lipinski definition) is 0. The van der Waals surface area contributed by atoms with E-state index in [0.717, 1.165) is 22.3 Å². The number of furan rings is 2. The standard InChI is InChI=1S/C33H23BO2S2Si/c1-39(2,3)18-16-27-31-28(17-18)38-33-22(13-15-26-30(33)20-9-5-7-11-24(20)36-26)34(31)21-12-14-25-29(32(21)37-27)19-8-4-6-10-23(19)35-25/h4-17H,1-3H3. The summed E-state index contributed by atoms with van der Waals surface area (Å²) in [5.41, 5.74) is 8.06. The van der Waals surface area contributed by atoms with Crippen molar-refractivity contribution in [3.05, 3.63) is 84.9 Å². The minimum Gasteiger partial charge on any atom is -0.456 e. The van der Waals surface area contributed by atoms with Gasteiger partial charge in [-0.15, -0.1) is 0 Å². The van der Waals surface area contributed by atoms with Crippen molar-refractivity contribution in [1.29, 1.82) is 0 Å². The van der Waals surface area contributed by atoms with E-state index in [-0.39, 0.29) is 6.71 Å². The molecule has 0 amide bonds. The highest BCUT2D eigenvalue weighted by molar-refractivity contribution is 8.01. The number of fused-ring (bicyclic) bond motifs is 12. The van der Waals surface area contributed by atoms with Gasteiger partial charge in [0.05, 0.1) is 8.07 Å². The predicted molar refractivity (Wildman–Crippen MR) is 170 cm³/mol. The second kappa shape index (κ2) is 7.66. The summed E-state index contributed by atoms with van der Waals surface area (Å²) in [4.78, 5) is 5.47. The zero-order chi connectivity index (χ0) is 26.0. The summed E-state index contributed by atoms with van der Waals surface area (Å²) in [6, 6.07) is 30.9. The monoisotopic (exact) mass is 554 g/mol. The molecule has 9 rings (SSSR count). The van der Waals surface area contributed by atoms with E-state index in [0.29, 0.717) is 0 Å². The molecule has 0 atom stereocenters. The summed E-state index contributed by atoms with van der Waals surface area (Å²) < 4.78 is 12.7. The van der Waals surface area contributed by atoms with Crippen LogP contribution < -0.4 is 21.6 Å². The fourth-order valence-corrected chi connectivity index (χ4v) is 10.6. The van der Waals surface area contributed by atoms with Gasteiger partial charge in [0, 0.05) is 41.1 Å². The number of rotatable bonds is 1. The minimum atomic E-state index is -1.55. The first-order chi connectivity index (χ1) is 19.0. The van der Waals surface area contributed by atoms with E-state index in [2.05, 4.69) is 105 Å². The first-order valence-electron chi connectivity index (χ1n) is 13.4. The lowest BCUT2D eigenvalue weighted by atomic mass is 9.36. The molecule has 0 N–H and O–H groups in total. The summed E-state index contributed by atoms with van der Waals surface area (Å²) in [6.45, 7) is 7.52. The molecule has 0 fully saturated rings. The molecule has 0 saturated heterocycles. The molecule has 39 heavy (non-hydrogen) atoms. The van der Waals surface area contributed by atoms with Gasteiger partial charge in [-0.3, -0.25) is 0 Å².